The SMILES string of the molecule is CC[C@H](Nc1cc(C2CC(N)C2)nc(C2CC2)n1)c1ccccc1. The highest BCUT2D eigenvalue weighted by molar-refractivity contribution is 5.42. The van der Waals surface area contributed by atoms with Crippen LogP contribution in [0.4, 0.5) is 5.82 Å². The Kier molecular flexibility index (Phi) is 4.23. The maximum atomic E-state index is 5.97. The molecule has 2 aliphatic rings. The minimum Gasteiger partial charge on any atom is -0.363 e. The highest BCUT2D eigenvalue weighted by atomic mass is 15.1. The zero-order valence-corrected chi connectivity index (χ0v) is 14.3. The van der Waals surface area contributed by atoms with Gasteiger partial charge in [0.2, 0.25) is 0 Å². The van der Waals surface area contributed by atoms with Crippen LogP contribution in [0.1, 0.15) is 74.0 Å². The highest BCUT2D eigenvalue weighted by Gasteiger charge is 2.32. The summed E-state index contributed by atoms with van der Waals surface area (Å²) in [5.41, 5.74) is 8.46. The van der Waals surface area contributed by atoms with Gasteiger partial charge in [0.25, 0.3) is 0 Å². The van der Waals surface area contributed by atoms with Crippen LogP contribution in [0.3, 0.4) is 0 Å². The van der Waals surface area contributed by atoms with E-state index in [-0.39, 0.29) is 6.04 Å². The molecule has 0 aliphatic heterocycles. The van der Waals surface area contributed by atoms with Gasteiger partial charge in [-0.2, -0.15) is 0 Å². The van der Waals surface area contributed by atoms with Crippen molar-refractivity contribution in [2.24, 2.45) is 5.73 Å². The summed E-state index contributed by atoms with van der Waals surface area (Å²) in [4.78, 5) is 9.67. The van der Waals surface area contributed by atoms with Crippen molar-refractivity contribution < 1.29 is 0 Å². The molecule has 126 valence electrons. The Morgan fingerprint density at radius 2 is 1.88 bits per heavy atom. The Morgan fingerprint density at radius 1 is 1.12 bits per heavy atom. The molecule has 1 aromatic carbocycles. The predicted octanol–water partition coefficient (Wildman–Crippen LogP) is 4.12. The van der Waals surface area contributed by atoms with Crippen LogP contribution in [0.25, 0.3) is 0 Å². The van der Waals surface area contributed by atoms with E-state index in [1.807, 2.05) is 0 Å². The molecular formula is C20H26N4. The molecule has 0 bridgehead atoms. The van der Waals surface area contributed by atoms with Crippen LogP contribution in [0.15, 0.2) is 36.4 Å². The molecular weight excluding hydrogens is 296 g/mol. The number of nitrogens with two attached hydrogens (primary N) is 1. The number of nitrogens with zero attached hydrogens (tertiary/aromatic N) is 2. The smallest absolute Gasteiger partial charge is 0.134 e. The van der Waals surface area contributed by atoms with Crippen LogP contribution in [0.2, 0.25) is 0 Å². The summed E-state index contributed by atoms with van der Waals surface area (Å²) in [5.74, 6) is 3.07. The normalized spacial score (nSPS) is 24.2. The Bertz CT molecular complexity index is 690. The summed E-state index contributed by atoms with van der Waals surface area (Å²) < 4.78 is 0. The van der Waals surface area contributed by atoms with Gasteiger partial charge >= 0.3 is 0 Å². The fourth-order valence-electron chi connectivity index (χ4n) is 3.48. The van der Waals surface area contributed by atoms with Crippen LogP contribution in [-0.4, -0.2) is 16.0 Å². The van der Waals surface area contributed by atoms with Gasteiger partial charge in [0, 0.05) is 29.6 Å². The molecule has 2 saturated carbocycles. The van der Waals surface area contributed by atoms with E-state index in [9.17, 15) is 0 Å². The summed E-state index contributed by atoms with van der Waals surface area (Å²) in [6, 6.07) is 13.4. The van der Waals surface area contributed by atoms with E-state index in [0.717, 1.165) is 30.9 Å². The van der Waals surface area contributed by atoms with Crippen molar-refractivity contribution in [3.05, 3.63) is 53.5 Å². The summed E-state index contributed by atoms with van der Waals surface area (Å²) in [7, 11) is 0. The summed E-state index contributed by atoms with van der Waals surface area (Å²) in [6.45, 7) is 2.21. The maximum Gasteiger partial charge on any atom is 0.134 e. The van der Waals surface area contributed by atoms with Crippen LogP contribution in [-0.2, 0) is 0 Å². The third-order valence-corrected chi connectivity index (χ3v) is 5.23. The van der Waals surface area contributed by atoms with Gasteiger partial charge in [0.1, 0.15) is 11.6 Å². The first-order chi connectivity index (χ1) is 11.7. The molecule has 4 rings (SSSR count). The average Bonchev–Trinajstić information content (AvgIpc) is 3.42. The van der Waals surface area contributed by atoms with Crippen LogP contribution >= 0.6 is 0 Å². The van der Waals surface area contributed by atoms with E-state index in [1.54, 1.807) is 0 Å². The van der Waals surface area contributed by atoms with Crippen molar-refractivity contribution in [2.45, 2.75) is 62.9 Å². The van der Waals surface area contributed by atoms with E-state index in [0.29, 0.717) is 17.9 Å². The zero-order valence-electron chi connectivity index (χ0n) is 14.3. The Morgan fingerprint density at radius 3 is 2.50 bits per heavy atom. The molecule has 3 N–H and O–H groups in total. The van der Waals surface area contributed by atoms with Crippen LogP contribution < -0.4 is 11.1 Å². The van der Waals surface area contributed by atoms with E-state index in [2.05, 4.69) is 48.6 Å². The molecule has 4 nitrogen and oxygen atoms in total. The molecule has 0 amide bonds. The molecule has 24 heavy (non-hydrogen) atoms. The van der Waals surface area contributed by atoms with Crippen molar-refractivity contribution in [2.75, 3.05) is 5.32 Å². The predicted molar refractivity (Wildman–Crippen MR) is 97.1 cm³/mol. The lowest BCUT2D eigenvalue weighted by Crippen LogP contribution is -2.35. The first-order valence-corrected chi connectivity index (χ1v) is 9.19. The third kappa shape index (κ3) is 3.29. The number of nitrogens with one attached hydrogen (secondary N) is 1. The van der Waals surface area contributed by atoms with Crippen LogP contribution in [0.5, 0.6) is 0 Å². The largest absolute Gasteiger partial charge is 0.363 e. The molecule has 4 heteroatoms. The van der Waals surface area contributed by atoms with Gasteiger partial charge in [-0.3, -0.25) is 0 Å². The molecule has 0 spiro atoms. The first-order valence-electron chi connectivity index (χ1n) is 9.19. The van der Waals surface area contributed by atoms with Gasteiger partial charge in [0.05, 0.1) is 6.04 Å². The van der Waals surface area contributed by atoms with Gasteiger partial charge in [-0.15, -0.1) is 0 Å². The number of aromatic nitrogens is 2. The van der Waals surface area contributed by atoms with Crippen LogP contribution in [0, 0.1) is 0 Å². The molecule has 0 saturated heterocycles. The summed E-state index contributed by atoms with van der Waals surface area (Å²) >= 11 is 0. The third-order valence-electron chi connectivity index (χ3n) is 5.23. The number of rotatable bonds is 6. The van der Waals surface area contributed by atoms with Gasteiger partial charge in [-0.05, 0) is 37.7 Å². The molecule has 2 fully saturated rings. The van der Waals surface area contributed by atoms with E-state index >= 15 is 0 Å². The van der Waals surface area contributed by atoms with E-state index < -0.39 is 0 Å². The lowest BCUT2D eigenvalue weighted by Gasteiger charge is -2.32. The maximum absolute atomic E-state index is 5.97. The van der Waals surface area contributed by atoms with Gasteiger partial charge in [-0.1, -0.05) is 37.3 Å². The number of hydrogen-bond donors (Lipinski definition) is 2. The first kappa shape index (κ1) is 15.6. The number of hydrogen-bond acceptors (Lipinski definition) is 4. The fraction of sp³-hybridized carbons (Fsp3) is 0.500. The summed E-state index contributed by atoms with van der Waals surface area (Å²) in [5, 5.41) is 3.64. The number of benzene rings is 1. The quantitative estimate of drug-likeness (QED) is 0.839. The van der Waals surface area contributed by atoms with Gasteiger partial charge in [0.15, 0.2) is 0 Å². The average molecular weight is 322 g/mol. The zero-order chi connectivity index (χ0) is 16.5. The lowest BCUT2D eigenvalue weighted by atomic mass is 9.78. The minimum atomic E-state index is 0.282. The molecule has 0 unspecified atom stereocenters. The van der Waals surface area contributed by atoms with Gasteiger partial charge in [-0.25, -0.2) is 9.97 Å². The molecule has 1 heterocycles. The van der Waals surface area contributed by atoms with Crippen molar-refractivity contribution in [1.82, 2.24) is 9.97 Å². The second-order valence-corrected chi connectivity index (χ2v) is 7.25. The van der Waals surface area contributed by atoms with Gasteiger partial charge < -0.3 is 11.1 Å². The highest BCUT2D eigenvalue weighted by Crippen LogP contribution is 2.41. The monoisotopic (exact) mass is 322 g/mol. The molecule has 1 aromatic heterocycles. The summed E-state index contributed by atoms with van der Waals surface area (Å²) in [6.07, 6.45) is 5.58. The lowest BCUT2D eigenvalue weighted by molar-refractivity contribution is 0.344. The Balaban J connectivity index is 1.59. The fourth-order valence-corrected chi connectivity index (χ4v) is 3.48. The van der Waals surface area contributed by atoms with Crippen molar-refractivity contribution in [3.63, 3.8) is 0 Å². The topological polar surface area (TPSA) is 63.8 Å². The minimum absolute atomic E-state index is 0.282. The molecule has 0 radical (unpaired) electrons. The van der Waals surface area contributed by atoms with Crippen molar-refractivity contribution in [1.29, 1.82) is 0 Å². The van der Waals surface area contributed by atoms with E-state index in [1.165, 1.54) is 24.1 Å². The van der Waals surface area contributed by atoms with E-state index in [4.69, 9.17) is 15.7 Å². The Labute approximate surface area is 143 Å². The van der Waals surface area contributed by atoms with Crippen molar-refractivity contribution in [3.8, 4) is 0 Å². The molecule has 1 atom stereocenters. The number of anilines is 1. The molecule has 2 aromatic rings. The second kappa shape index (κ2) is 6.52. The second-order valence-electron chi connectivity index (χ2n) is 7.25. The standard InChI is InChI=1S/C20H26N4/c1-2-17(13-6-4-3-5-7-13)22-19-12-18(15-10-16(21)11-15)23-20(24-19)14-8-9-14/h3-7,12,14-17H,2,8-11,21H2,1H3,(H,22,23,24)/t15?,16?,17-/m0/s1. The van der Waals surface area contributed by atoms with Crippen molar-refractivity contribution >= 4 is 5.82 Å². The molecule has 2 aliphatic carbocycles. The Hall–Kier alpha value is -1.94.